The van der Waals surface area contributed by atoms with Gasteiger partial charge in [0.2, 0.25) is 0 Å². The lowest BCUT2D eigenvalue weighted by atomic mass is 9.97. The van der Waals surface area contributed by atoms with Crippen LogP contribution in [0.5, 0.6) is 0 Å². The number of fused-ring (bicyclic) bond motifs is 2. The van der Waals surface area contributed by atoms with Crippen molar-refractivity contribution in [1.82, 2.24) is 0 Å². The molecule has 0 fully saturated rings. The summed E-state index contributed by atoms with van der Waals surface area (Å²) in [5.74, 6) is -0.877. The fraction of sp³-hybridized carbons (Fsp3) is 0.400. The topological polar surface area (TPSA) is 65.0 Å². The highest BCUT2D eigenvalue weighted by Crippen LogP contribution is 2.28. The van der Waals surface area contributed by atoms with Gasteiger partial charge in [0.25, 0.3) is 0 Å². The van der Waals surface area contributed by atoms with Gasteiger partial charge in [0.1, 0.15) is 0 Å². The van der Waals surface area contributed by atoms with E-state index < -0.39 is 14.8 Å². The molecule has 31 heavy (non-hydrogen) atoms. The second kappa shape index (κ2) is 12.6. The van der Waals surface area contributed by atoms with Crippen LogP contribution in [0.15, 0.2) is 54.6 Å². The molecular formula is C25H34O5Si. The standard InChI is InChI=1S/C15H10O2.C10H24O3Si/c16-15(17)14-12-7-3-1-5-10(12)9-11-6-2-4-8-13(11)14;1-5-9-10-14(11-6-2,12-7-3)13-8-4/h1-9H,(H,16,17);5-10H2,1-4H3. The molecular weight excluding hydrogens is 408 g/mol. The van der Waals surface area contributed by atoms with Gasteiger partial charge in [-0.05, 0) is 54.8 Å². The zero-order valence-electron chi connectivity index (χ0n) is 19.0. The first-order chi connectivity index (χ1) is 15.0. The number of carboxylic acid groups (broad SMARTS) is 1. The van der Waals surface area contributed by atoms with E-state index in [9.17, 15) is 9.90 Å². The molecule has 168 valence electrons. The van der Waals surface area contributed by atoms with E-state index >= 15 is 0 Å². The zero-order chi connectivity index (χ0) is 22.7. The van der Waals surface area contributed by atoms with E-state index in [0.717, 1.165) is 40.4 Å². The van der Waals surface area contributed by atoms with Crippen molar-refractivity contribution < 1.29 is 23.2 Å². The lowest BCUT2D eigenvalue weighted by molar-refractivity contribution is 0.0694. The molecule has 0 aliphatic carbocycles. The largest absolute Gasteiger partial charge is 0.500 e. The minimum Gasteiger partial charge on any atom is -0.478 e. The summed E-state index contributed by atoms with van der Waals surface area (Å²) < 4.78 is 17.1. The number of hydrogen-bond acceptors (Lipinski definition) is 4. The Balaban J connectivity index is 0.000000226. The molecule has 5 nitrogen and oxygen atoms in total. The second-order valence-electron chi connectivity index (χ2n) is 7.08. The van der Waals surface area contributed by atoms with Gasteiger partial charge in [-0.3, -0.25) is 0 Å². The van der Waals surface area contributed by atoms with Crippen molar-refractivity contribution in [2.24, 2.45) is 0 Å². The minimum atomic E-state index is -2.32. The van der Waals surface area contributed by atoms with Gasteiger partial charge < -0.3 is 18.4 Å². The molecule has 3 aromatic carbocycles. The Morgan fingerprint density at radius 1 is 0.806 bits per heavy atom. The normalized spacial score (nSPS) is 11.4. The van der Waals surface area contributed by atoms with Crippen molar-refractivity contribution in [3.63, 3.8) is 0 Å². The average Bonchev–Trinajstić information content (AvgIpc) is 2.77. The molecule has 0 bridgehead atoms. The first-order valence-electron chi connectivity index (χ1n) is 11.1. The summed E-state index contributed by atoms with van der Waals surface area (Å²) in [5.41, 5.74) is 0.388. The first-order valence-corrected chi connectivity index (χ1v) is 13.0. The van der Waals surface area contributed by atoms with Crippen molar-refractivity contribution in [2.75, 3.05) is 19.8 Å². The molecule has 0 atom stereocenters. The Hall–Kier alpha value is -2.25. The van der Waals surface area contributed by atoms with E-state index in [1.54, 1.807) is 0 Å². The number of carbonyl (C=O) groups is 1. The van der Waals surface area contributed by atoms with E-state index in [2.05, 4.69) is 6.92 Å². The maximum absolute atomic E-state index is 11.4. The molecule has 0 saturated carbocycles. The van der Waals surface area contributed by atoms with E-state index in [1.165, 1.54) is 0 Å². The van der Waals surface area contributed by atoms with Crippen molar-refractivity contribution in [3.05, 3.63) is 60.2 Å². The van der Waals surface area contributed by atoms with Gasteiger partial charge in [0.05, 0.1) is 5.56 Å². The number of carboxylic acids is 1. The van der Waals surface area contributed by atoms with Crippen LogP contribution >= 0.6 is 0 Å². The van der Waals surface area contributed by atoms with Crippen LogP contribution < -0.4 is 0 Å². The molecule has 3 rings (SSSR count). The zero-order valence-corrected chi connectivity index (χ0v) is 20.0. The van der Waals surface area contributed by atoms with Crippen molar-refractivity contribution in [3.8, 4) is 0 Å². The quantitative estimate of drug-likeness (QED) is 0.286. The summed E-state index contributed by atoms with van der Waals surface area (Å²) in [6.07, 6.45) is 2.27. The SMILES string of the molecule is CCCC[Si](OCC)(OCC)OCC.O=C(O)c1c2ccccc2cc2ccccc12. The van der Waals surface area contributed by atoms with E-state index in [4.69, 9.17) is 13.3 Å². The third-order valence-electron chi connectivity index (χ3n) is 4.91. The van der Waals surface area contributed by atoms with Crippen molar-refractivity contribution >= 4 is 36.3 Å². The Morgan fingerprint density at radius 2 is 1.26 bits per heavy atom. The fourth-order valence-corrected chi connectivity index (χ4v) is 6.43. The maximum Gasteiger partial charge on any atom is 0.500 e. The van der Waals surface area contributed by atoms with Gasteiger partial charge in [-0.15, -0.1) is 0 Å². The predicted molar refractivity (Wildman–Crippen MR) is 129 cm³/mol. The van der Waals surface area contributed by atoms with Crippen molar-refractivity contribution in [1.29, 1.82) is 0 Å². The predicted octanol–water partition coefficient (Wildman–Crippen LogP) is 6.53. The number of rotatable bonds is 10. The molecule has 0 aromatic heterocycles. The molecule has 0 radical (unpaired) electrons. The highest BCUT2D eigenvalue weighted by molar-refractivity contribution is 6.60. The summed E-state index contributed by atoms with van der Waals surface area (Å²) in [6.45, 7) is 10.2. The van der Waals surface area contributed by atoms with E-state index in [0.29, 0.717) is 25.4 Å². The van der Waals surface area contributed by atoms with Gasteiger partial charge in [0, 0.05) is 25.9 Å². The molecule has 6 heteroatoms. The highest BCUT2D eigenvalue weighted by Gasteiger charge is 2.39. The molecule has 0 amide bonds. The van der Waals surface area contributed by atoms with Crippen LogP contribution in [0.2, 0.25) is 6.04 Å². The number of hydrogen-bond donors (Lipinski definition) is 1. The maximum atomic E-state index is 11.4. The average molecular weight is 443 g/mol. The molecule has 0 aliphatic heterocycles. The van der Waals surface area contributed by atoms with Gasteiger partial charge in [-0.1, -0.05) is 61.9 Å². The first kappa shape index (κ1) is 25.0. The fourth-order valence-electron chi connectivity index (χ4n) is 3.64. The van der Waals surface area contributed by atoms with Crippen LogP contribution in [-0.4, -0.2) is 39.7 Å². The molecule has 0 aliphatic rings. The second-order valence-corrected chi connectivity index (χ2v) is 9.82. The number of aromatic carboxylic acids is 1. The summed E-state index contributed by atoms with van der Waals surface area (Å²) in [5, 5.41) is 12.9. The van der Waals surface area contributed by atoms with Gasteiger partial charge in [-0.2, -0.15) is 0 Å². The van der Waals surface area contributed by atoms with Gasteiger partial charge >= 0.3 is 14.8 Å². The summed E-state index contributed by atoms with van der Waals surface area (Å²) in [6, 6.07) is 18.1. The molecule has 0 spiro atoms. The van der Waals surface area contributed by atoms with Crippen LogP contribution in [-0.2, 0) is 13.3 Å². The Labute approximate surface area is 186 Å². The molecule has 0 saturated heterocycles. The third kappa shape index (κ3) is 6.61. The molecule has 0 heterocycles. The molecule has 1 N–H and O–H groups in total. The van der Waals surface area contributed by atoms with Crippen LogP contribution in [0.3, 0.4) is 0 Å². The molecule has 0 unspecified atom stereocenters. The van der Waals surface area contributed by atoms with Gasteiger partial charge in [0.15, 0.2) is 0 Å². The van der Waals surface area contributed by atoms with Crippen LogP contribution in [0.1, 0.15) is 50.9 Å². The summed E-state index contributed by atoms with van der Waals surface area (Å²) >= 11 is 0. The van der Waals surface area contributed by atoms with Crippen molar-refractivity contribution in [2.45, 2.75) is 46.6 Å². The number of benzene rings is 3. The lowest BCUT2D eigenvalue weighted by Gasteiger charge is -2.28. The van der Waals surface area contributed by atoms with Crippen LogP contribution in [0.25, 0.3) is 21.5 Å². The van der Waals surface area contributed by atoms with Crippen LogP contribution in [0, 0.1) is 0 Å². The van der Waals surface area contributed by atoms with Crippen LogP contribution in [0.4, 0.5) is 0 Å². The third-order valence-corrected chi connectivity index (χ3v) is 8.07. The summed E-state index contributed by atoms with van der Waals surface area (Å²) in [4.78, 5) is 11.4. The lowest BCUT2D eigenvalue weighted by Crippen LogP contribution is -2.45. The smallest absolute Gasteiger partial charge is 0.478 e. The Kier molecular flexibility index (Phi) is 10.1. The Morgan fingerprint density at radius 3 is 1.65 bits per heavy atom. The Bertz CT molecular complexity index is 901. The van der Waals surface area contributed by atoms with Gasteiger partial charge in [-0.25, -0.2) is 4.79 Å². The summed E-state index contributed by atoms with van der Waals surface area (Å²) in [7, 11) is -2.32. The molecule has 3 aromatic rings. The van der Waals surface area contributed by atoms with E-state index in [1.807, 2.05) is 75.4 Å². The highest BCUT2D eigenvalue weighted by atomic mass is 28.4. The number of unbranched alkanes of at least 4 members (excludes halogenated alkanes) is 1. The monoisotopic (exact) mass is 442 g/mol. The van der Waals surface area contributed by atoms with E-state index in [-0.39, 0.29) is 0 Å². The minimum absolute atomic E-state index is 0.388.